The van der Waals surface area contributed by atoms with E-state index >= 15 is 0 Å². The van der Waals surface area contributed by atoms with Crippen molar-refractivity contribution < 1.29 is 91.4 Å². The molecule has 6 aliphatic rings. The van der Waals surface area contributed by atoms with E-state index in [2.05, 4.69) is 43.9 Å². The lowest BCUT2D eigenvalue weighted by Gasteiger charge is -2.56. The first-order valence-corrected chi connectivity index (χ1v) is 44.5. The monoisotopic (exact) mass is 1500 g/mol. The highest BCUT2D eigenvalue weighted by Crippen LogP contribution is 2.71. The molecule has 0 aromatic rings. The number of ether oxygens (including phenoxy) is 4. The Balaban J connectivity index is 0.000000459. The molecule has 486 valence electrons. The van der Waals surface area contributed by atoms with Crippen LogP contribution in [0.3, 0.4) is 0 Å². The summed E-state index contributed by atoms with van der Waals surface area (Å²) in [6.07, 6.45) is 5.44. The fraction of sp³-hybridized carbons (Fsp3) is 0.771. The van der Waals surface area contributed by atoms with Gasteiger partial charge >= 0.3 is 31.3 Å². The average molecular weight is 1500 g/mol. The summed E-state index contributed by atoms with van der Waals surface area (Å²) in [7, 11) is 8.44. The van der Waals surface area contributed by atoms with Gasteiger partial charge in [0.05, 0.1) is 33.0 Å². The first-order chi connectivity index (χ1) is 38.9. The molecule has 14 nitrogen and oxygen atoms in total. The number of ketones is 2. The highest BCUT2D eigenvalue weighted by Gasteiger charge is 2.74. The van der Waals surface area contributed by atoms with E-state index in [1.54, 1.807) is 108 Å². The van der Waals surface area contributed by atoms with Gasteiger partial charge in [-0.25, -0.2) is 0 Å². The summed E-state index contributed by atoms with van der Waals surface area (Å²) >= 11 is 9.40. The molecular weight excluding hydrogens is 1430 g/mol. The Labute approximate surface area is 535 Å². The van der Waals surface area contributed by atoms with E-state index in [0.717, 1.165) is 0 Å². The summed E-state index contributed by atoms with van der Waals surface area (Å²) in [6.45, 7) is 26.0. The molecule has 11 atom stereocenters. The van der Waals surface area contributed by atoms with Gasteiger partial charge in [0.1, 0.15) is 29.4 Å². The molecule has 2 spiro atoms. The average Bonchev–Trinajstić information content (AvgIpc) is 1.63. The second kappa shape index (κ2) is 32.6. The van der Waals surface area contributed by atoms with Crippen molar-refractivity contribution in [1.29, 1.82) is 0 Å². The number of rotatable bonds is 16. The van der Waals surface area contributed by atoms with Crippen LogP contribution in [-0.2, 0) is 182 Å². The minimum atomic E-state index is -5.96. The fourth-order valence-corrected chi connectivity index (χ4v) is 38.1. The van der Waals surface area contributed by atoms with Crippen molar-refractivity contribution in [2.24, 2.45) is 56.2 Å². The SMILES string of the molecule is C.C=C[C@](C)(C=O)CC(=O)[C@@]1(C)C2C3(CC[C@]2(C(=C)OS(=O)(=O)C(F)(F)F)CC[C@H]1C)OCCO3.C=C[C@](C)(CO)CC(=O)[C@@]1(C)C2C3(CC[C@]2(C(=C)OS(=O)(=O)C(F)(F)F)CC[C@H]1C)OCCO3.S=S=S=S=S=S=S=S=S=S=S=S=S.[2H]CP. The van der Waals surface area contributed by atoms with Crippen molar-refractivity contribution >= 4 is 167 Å². The molecule has 3 unspecified atom stereocenters. The van der Waals surface area contributed by atoms with E-state index in [9.17, 15) is 62.7 Å². The normalized spacial score (nSPS) is 29.5. The summed E-state index contributed by atoms with van der Waals surface area (Å²) < 4.78 is 165. The lowest BCUT2D eigenvalue weighted by Crippen LogP contribution is -2.59. The quantitative estimate of drug-likeness (QED) is 0.0292. The number of alkyl halides is 6. The van der Waals surface area contributed by atoms with Crippen LogP contribution in [0, 0.1) is 56.2 Å². The van der Waals surface area contributed by atoms with Gasteiger partial charge in [-0.3, -0.25) is 9.59 Å². The first kappa shape index (κ1) is 78.4. The van der Waals surface area contributed by atoms with Crippen LogP contribution < -0.4 is 0 Å². The van der Waals surface area contributed by atoms with Gasteiger partial charge in [0.2, 0.25) is 0 Å². The summed E-state index contributed by atoms with van der Waals surface area (Å²) in [6, 6.07) is 0. The predicted octanol–water partition coefficient (Wildman–Crippen LogP) is 9.47. The fourth-order valence-electron chi connectivity index (χ4n) is 12.3. The third kappa shape index (κ3) is 17.4. The van der Waals surface area contributed by atoms with Gasteiger partial charge in [-0.05, 0) is 57.3 Å². The Hall–Kier alpha value is 0.140. The lowest BCUT2D eigenvalue weighted by atomic mass is 9.49. The second-order valence-corrected chi connectivity index (χ2v) is 43.8. The van der Waals surface area contributed by atoms with E-state index in [1.165, 1.54) is 29.9 Å². The van der Waals surface area contributed by atoms with Gasteiger partial charge in [-0.1, -0.05) is 74.0 Å². The van der Waals surface area contributed by atoms with E-state index in [-0.39, 0.29) is 115 Å². The number of Topliss-reactive ketones (excluding diaryl/α,β-unsaturated/α-hetero) is 2. The van der Waals surface area contributed by atoms with Crippen LogP contribution in [0.15, 0.2) is 50.0 Å². The molecule has 2 aliphatic heterocycles. The van der Waals surface area contributed by atoms with Crippen molar-refractivity contribution in [2.75, 3.05) is 39.7 Å². The van der Waals surface area contributed by atoms with Crippen LogP contribution in [0.25, 0.3) is 0 Å². The Kier molecular flexibility index (Phi) is 30.4. The molecule has 2 saturated heterocycles. The smallest absolute Gasteiger partial charge is 0.395 e. The molecule has 2 heterocycles. The zero-order chi connectivity index (χ0) is 64.1. The highest BCUT2D eigenvalue weighted by molar-refractivity contribution is 8.75. The van der Waals surface area contributed by atoms with Gasteiger partial charge in [0.25, 0.3) is 0 Å². The van der Waals surface area contributed by atoms with E-state index < -0.39 is 98.7 Å². The molecule has 0 bridgehead atoms. The van der Waals surface area contributed by atoms with Gasteiger partial charge in [0.15, 0.2) is 11.6 Å². The van der Waals surface area contributed by atoms with Crippen molar-refractivity contribution in [1.82, 2.24) is 0 Å². The summed E-state index contributed by atoms with van der Waals surface area (Å²) in [5.41, 5.74) is -18.3. The number of fused-ring (bicyclic) bond motifs is 4. The molecule has 4 saturated carbocycles. The zero-order valence-corrected chi connectivity index (χ0v) is 59.3. The number of hydrogen-bond donors (Lipinski definition) is 1. The number of aliphatic hydroxyl groups excluding tert-OH is 1. The summed E-state index contributed by atoms with van der Waals surface area (Å²) in [5.74, 6) is -6.47. The zero-order valence-electron chi connectivity index (χ0n) is 46.9. The lowest BCUT2D eigenvalue weighted by molar-refractivity contribution is -0.237. The van der Waals surface area contributed by atoms with Crippen LogP contribution in [0.2, 0.25) is 0 Å². The number of carbonyl (C=O) groups excluding carboxylic acids is 3. The van der Waals surface area contributed by atoms with Crippen molar-refractivity contribution in [3.05, 3.63) is 50.0 Å². The largest absolute Gasteiger partial charge is 0.534 e. The maximum absolute atomic E-state index is 13.9. The Morgan fingerprint density at radius 1 is 0.667 bits per heavy atom. The Bertz CT molecular complexity index is 3190. The topological polar surface area (TPSA) is 195 Å². The van der Waals surface area contributed by atoms with E-state index in [0.29, 0.717) is 25.8 Å². The molecule has 0 radical (unpaired) electrons. The molecule has 36 heteroatoms. The predicted molar refractivity (Wildman–Crippen MR) is 350 cm³/mol. The number of aliphatic hydroxyl groups is 1. The third-order valence-electron chi connectivity index (χ3n) is 16.9. The van der Waals surface area contributed by atoms with Crippen molar-refractivity contribution in [3.8, 4) is 0 Å². The van der Waals surface area contributed by atoms with Crippen molar-refractivity contribution in [3.63, 3.8) is 0 Å². The number of hydrogen-bond acceptors (Lipinski definition) is 16. The number of halogens is 6. The van der Waals surface area contributed by atoms with Gasteiger partial charge < -0.3 is 37.2 Å². The molecule has 0 aromatic carbocycles. The van der Waals surface area contributed by atoms with Crippen molar-refractivity contribution in [2.45, 2.75) is 136 Å². The molecule has 84 heavy (non-hydrogen) atoms. The maximum atomic E-state index is 13.9. The molecule has 1 N–H and O–H groups in total. The van der Waals surface area contributed by atoms with Crippen LogP contribution in [-0.4, -0.2) is 102 Å². The van der Waals surface area contributed by atoms with Crippen LogP contribution in [0.1, 0.15) is 115 Å². The number of aldehydes is 1. The molecule has 4 aliphatic carbocycles. The van der Waals surface area contributed by atoms with E-state index in [1.807, 2.05) is 13.8 Å². The minimum Gasteiger partial charge on any atom is -0.395 e. The van der Waals surface area contributed by atoms with Gasteiger partial charge in [0, 0.05) is 191 Å². The van der Waals surface area contributed by atoms with Gasteiger partial charge in [-0.2, -0.15) is 43.2 Å². The number of allylic oxidation sites excluding steroid dienone is 3. The first-order valence-electron chi connectivity index (χ1n) is 25.6. The van der Waals surface area contributed by atoms with Gasteiger partial charge in [-0.15, -0.1) is 22.4 Å². The number of carbonyl (C=O) groups is 3. The molecule has 6 fully saturated rings. The highest BCUT2D eigenvalue weighted by atomic mass is 33.5. The third-order valence-corrected chi connectivity index (χ3v) is 41.1. The Morgan fingerprint density at radius 3 is 1.26 bits per heavy atom. The second-order valence-electron chi connectivity index (χ2n) is 21.2. The van der Waals surface area contributed by atoms with Crippen LogP contribution >= 0.6 is 9.24 Å². The Morgan fingerprint density at radius 2 is 0.988 bits per heavy atom. The standard InChI is InChI=1S/C23H33F3O7S.C23H31F3O7S.CH5P.CH4.S13/c2*1-6-19(4,14-27)13-17(28)20(5)15(2)7-8-21(16(3)33-34(29,30)23(24,25)26)9-10-22(18(20)21)31-11-12-32-22;1-2;;1-3-5-7-9-11-13-12-10-8-6-4-2/h6,15,18,27H,1,3,7-14H2,2,4-5H3;6,14-15,18H,1,3,7-13H2,2,4-5H3;2H2,1H3;1H4;/t2*15-,18?,19+,20+,21+;;;/m11.../s1/i;;1D;;. The molecular formula is C48H73F6O14PS15. The van der Waals surface area contributed by atoms with Crippen LogP contribution in [0.5, 0.6) is 0 Å². The molecule has 6 rings (SSSR count). The summed E-state index contributed by atoms with van der Waals surface area (Å²) in [5, 5.41) is 9.84. The molecule has 0 aromatic heterocycles. The minimum absolute atomic E-state index is 0. The van der Waals surface area contributed by atoms with E-state index in [4.69, 9.17) is 42.7 Å². The maximum Gasteiger partial charge on any atom is 0.534 e. The summed E-state index contributed by atoms with van der Waals surface area (Å²) in [4.78, 5) is 39.5. The molecule has 0 amide bonds. The van der Waals surface area contributed by atoms with Crippen LogP contribution in [0.4, 0.5) is 26.3 Å².